The van der Waals surface area contributed by atoms with Crippen molar-refractivity contribution in [1.82, 2.24) is 0 Å². The van der Waals surface area contributed by atoms with Crippen molar-refractivity contribution in [1.29, 1.82) is 0 Å². The maximum absolute atomic E-state index is 11.6. The van der Waals surface area contributed by atoms with Crippen LogP contribution < -0.4 is 0 Å². The molecule has 2 heteroatoms. The normalized spacial score (nSPS) is 10.7. The van der Waals surface area contributed by atoms with E-state index in [2.05, 4.69) is 78.9 Å². The second-order valence-corrected chi connectivity index (χ2v) is 8.43. The van der Waals surface area contributed by atoms with E-state index >= 15 is 0 Å². The first-order valence-corrected chi connectivity index (χ1v) is 10.3. The Labute approximate surface area is 159 Å². The molecule has 0 atom stereocenters. The van der Waals surface area contributed by atoms with E-state index in [1.807, 2.05) is 12.1 Å². The Morgan fingerprint density at radius 3 is 1.85 bits per heavy atom. The van der Waals surface area contributed by atoms with Crippen LogP contribution in [0.4, 0.5) is 0 Å². The summed E-state index contributed by atoms with van der Waals surface area (Å²) < 4.78 is 2.79. The number of carbonyl (C=O) groups excluding carboxylic acids is 1. The molecular formula is C24H18OSe. The fourth-order valence-electron chi connectivity index (χ4n) is 3.04. The van der Waals surface area contributed by atoms with Gasteiger partial charge in [0, 0.05) is 0 Å². The van der Waals surface area contributed by atoms with Gasteiger partial charge in [0.1, 0.15) is 0 Å². The van der Waals surface area contributed by atoms with Crippen molar-refractivity contribution in [2.24, 2.45) is 0 Å². The molecule has 0 spiro atoms. The molecule has 1 aromatic heterocycles. The summed E-state index contributed by atoms with van der Waals surface area (Å²) in [4.78, 5) is 11.6. The molecule has 4 rings (SSSR count). The van der Waals surface area contributed by atoms with Crippen LogP contribution >= 0.6 is 0 Å². The van der Waals surface area contributed by atoms with Crippen molar-refractivity contribution in [2.75, 3.05) is 0 Å². The summed E-state index contributed by atoms with van der Waals surface area (Å²) in [6.07, 6.45) is 0. The molecule has 126 valence electrons. The van der Waals surface area contributed by atoms with Crippen LogP contribution in [-0.4, -0.2) is 20.3 Å². The van der Waals surface area contributed by atoms with Crippen LogP contribution in [-0.2, 0) is 0 Å². The topological polar surface area (TPSA) is 17.1 Å². The summed E-state index contributed by atoms with van der Waals surface area (Å²) in [5.74, 6) is 0.102. The molecule has 0 aliphatic carbocycles. The Morgan fingerprint density at radius 1 is 0.692 bits per heavy atom. The summed E-state index contributed by atoms with van der Waals surface area (Å²) in [6.45, 7) is 1.61. The maximum atomic E-state index is 11.6. The first-order chi connectivity index (χ1) is 12.7. The van der Waals surface area contributed by atoms with Gasteiger partial charge < -0.3 is 0 Å². The summed E-state index contributed by atoms with van der Waals surface area (Å²) in [5.41, 5.74) is 5.76. The number of benzene rings is 3. The number of ketones is 1. The zero-order chi connectivity index (χ0) is 17.9. The molecule has 3 aromatic carbocycles. The molecule has 0 radical (unpaired) electrons. The van der Waals surface area contributed by atoms with E-state index < -0.39 is 0 Å². The first kappa shape index (κ1) is 16.8. The quantitative estimate of drug-likeness (QED) is 0.305. The van der Waals surface area contributed by atoms with Gasteiger partial charge in [-0.2, -0.15) is 0 Å². The van der Waals surface area contributed by atoms with E-state index in [0.29, 0.717) is 0 Å². The molecule has 0 aliphatic rings. The third-order valence-corrected chi connectivity index (χ3v) is 7.02. The summed E-state index contributed by atoms with van der Waals surface area (Å²) in [7, 11) is 0. The molecule has 1 heterocycles. The van der Waals surface area contributed by atoms with Crippen molar-refractivity contribution >= 4 is 20.3 Å². The van der Waals surface area contributed by atoms with Gasteiger partial charge in [0.05, 0.1) is 0 Å². The van der Waals surface area contributed by atoms with Gasteiger partial charge in [-0.05, 0) is 0 Å². The predicted octanol–water partition coefficient (Wildman–Crippen LogP) is 5.95. The SMILES string of the molecule is CC(=O)c1ccc(-c2cc(-c3ccccc3)[se]c2-c2ccccc2)cc1. The third-order valence-electron chi connectivity index (χ3n) is 4.43. The second-order valence-electron chi connectivity index (χ2n) is 6.22. The van der Waals surface area contributed by atoms with Crippen LogP contribution in [0.2, 0.25) is 0 Å². The van der Waals surface area contributed by atoms with Crippen LogP contribution in [0.5, 0.6) is 0 Å². The van der Waals surface area contributed by atoms with Gasteiger partial charge in [-0.3, -0.25) is 0 Å². The Balaban J connectivity index is 1.87. The number of carbonyl (C=O) groups is 1. The van der Waals surface area contributed by atoms with Crippen LogP contribution in [0.3, 0.4) is 0 Å². The van der Waals surface area contributed by atoms with Crippen molar-refractivity contribution in [3.05, 3.63) is 96.6 Å². The van der Waals surface area contributed by atoms with Crippen LogP contribution in [0, 0.1) is 0 Å². The number of Topliss-reactive ketones (excluding diaryl/α,β-unsaturated/α-hetero) is 1. The molecule has 0 saturated heterocycles. The number of hydrogen-bond donors (Lipinski definition) is 0. The Kier molecular flexibility index (Phi) is 4.70. The molecule has 1 nitrogen and oxygen atoms in total. The van der Waals surface area contributed by atoms with Gasteiger partial charge in [-0.15, -0.1) is 0 Å². The average Bonchev–Trinajstić information content (AvgIpc) is 3.15. The molecule has 26 heavy (non-hydrogen) atoms. The van der Waals surface area contributed by atoms with Crippen LogP contribution in [0.15, 0.2) is 91.0 Å². The Morgan fingerprint density at radius 2 is 1.27 bits per heavy atom. The minimum atomic E-state index is 0.102. The van der Waals surface area contributed by atoms with Crippen molar-refractivity contribution < 1.29 is 4.79 Å². The molecule has 0 N–H and O–H groups in total. The van der Waals surface area contributed by atoms with Gasteiger partial charge in [-0.25, -0.2) is 0 Å². The monoisotopic (exact) mass is 402 g/mol. The van der Waals surface area contributed by atoms with E-state index in [1.54, 1.807) is 6.92 Å². The van der Waals surface area contributed by atoms with Crippen LogP contribution in [0.25, 0.3) is 31.1 Å². The van der Waals surface area contributed by atoms with Crippen molar-refractivity contribution in [3.63, 3.8) is 0 Å². The molecule has 0 saturated carbocycles. The molecular weight excluding hydrogens is 383 g/mol. The first-order valence-electron chi connectivity index (χ1n) is 8.58. The summed E-state index contributed by atoms with van der Waals surface area (Å²) >= 11 is 0.247. The summed E-state index contributed by atoms with van der Waals surface area (Å²) in [6, 6.07) is 31.5. The van der Waals surface area contributed by atoms with E-state index in [1.165, 1.54) is 31.1 Å². The fraction of sp³-hybridized carbons (Fsp3) is 0.0417. The van der Waals surface area contributed by atoms with Crippen molar-refractivity contribution in [2.45, 2.75) is 6.92 Å². The number of rotatable bonds is 4. The average molecular weight is 401 g/mol. The van der Waals surface area contributed by atoms with Gasteiger partial charge >= 0.3 is 160 Å². The van der Waals surface area contributed by atoms with Gasteiger partial charge in [0.15, 0.2) is 0 Å². The fourth-order valence-corrected chi connectivity index (χ4v) is 5.54. The number of hydrogen-bond acceptors (Lipinski definition) is 1. The van der Waals surface area contributed by atoms with Gasteiger partial charge in [0.2, 0.25) is 0 Å². The molecule has 0 aliphatic heterocycles. The molecule has 0 amide bonds. The predicted molar refractivity (Wildman–Crippen MR) is 110 cm³/mol. The van der Waals surface area contributed by atoms with Gasteiger partial charge in [-0.1, -0.05) is 0 Å². The van der Waals surface area contributed by atoms with E-state index in [9.17, 15) is 4.79 Å². The van der Waals surface area contributed by atoms with E-state index in [4.69, 9.17) is 0 Å². The molecule has 0 fully saturated rings. The van der Waals surface area contributed by atoms with Crippen molar-refractivity contribution in [3.8, 4) is 31.1 Å². The van der Waals surface area contributed by atoms with Crippen LogP contribution in [0.1, 0.15) is 17.3 Å². The Hall–Kier alpha value is -2.67. The summed E-state index contributed by atoms with van der Waals surface area (Å²) in [5, 5.41) is 0. The third kappa shape index (κ3) is 3.35. The molecule has 0 unspecified atom stereocenters. The zero-order valence-electron chi connectivity index (χ0n) is 14.5. The van der Waals surface area contributed by atoms with E-state index in [0.717, 1.165) is 5.56 Å². The zero-order valence-corrected chi connectivity index (χ0v) is 16.2. The van der Waals surface area contributed by atoms with E-state index in [-0.39, 0.29) is 20.3 Å². The Bertz CT molecular complexity index is 1030. The molecule has 0 bridgehead atoms. The second kappa shape index (κ2) is 7.29. The minimum absolute atomic E-state index is 0.102. The molecule has 4 aromatic rings. The van der Waals surface area contributed by atoms with Gasteiger partial charge in [0.25, 0.3) is 0 Å². The standard InChI is InChI=1S/C24H18OSe/c1-17(25)18-12-14-19(15-13-18)22-16-23(20-8-4-2-5-9-20)26-24(22)21-10-6-3-7-11-21/h2-16H,1H3.